The van der Waals surface area contributed by atoms with Crippen molar-refractivity contribution in [3.05, 3.63) is 12.4 Å². The largest absolute Gasteiger partial charge is 0.468 e. The summed E-state index contributed by atoms with van der Waals surface area (Å²) in [4.78, 5) is 16.4. The van der Waals surface area contributed by atoms with Crippen molar-refractivity contribution in [3.8, 4) is 0 Å². The fourth-order valence-corrected chi connectivity index (χ4v) is 4.12. The maximum atomic E-state index is 12.1. The van der Waals surface area contributed by atoms with Crippen molar-refractivity contribution in [2.24, 2.45) is 13.0 Å². The lowest BCUT2D eigenvalue weighted by molar-refractivity contribution is -0.150. The number of nitrogens with zero attached hydrogens (tertiary/aromatic N) is 2. The molecule has 6 heteroatoms. The van der Waals surface area contributed by atoms with Crippen LogP contribution in [0.4, 0.5) is 0 Å². The van der Waals surface area contributed by atoms with Gasteiger partial charge >= 0.3 is 5.97 Å². The molecule has 0 amide bonds. The maximum Gasteiger partial charge on any atom is 0.326 e. The Morgan fingerprint density at radius 1 is 1.70 bits per heavy atom. The number of carbonyl (C=O) groups is 1. The second kappa shape index (κ2) is 6.63. The quantitative estimate of drug-likeness (QED) is 0.641. The monoisotopic (exact) mass is 297 g/mol. The summed E-state index contributed by atoms with van der Waals surface area (Å²) in [5.41, 5.74) is -0.489. The zero-order chi connectivity index (χ0) is 14.6. The molecule has 0 spiro atoms. The molecule has 20 heavy (non-hydrogen) atoms. The Kier molecular flexibility index (Phi) is 5.10. The predicted octanol–water partition coefficient (Wildman–Crippen LogP) is 1.83. The van der Waals surface area contributed by atoms with Crippen LogP contribution in [-0.4, -0.2) is 41.0 Å². The van der Waals surface area contributed by atoms with E-state index < -0.39 is 5.54 Å². The number of aromatic nitrogens is 2. The summed E-state index contributed by atoms with van der Waals surface area (Å²) >= 11 is 1.74. The van der Waals surface area contributed by atoms with E-state index in [-0.39, 0.29) is 5.97 Å². The highest BCUT2D eigenvalue weighted by Gasteiger charge is 2.48. The van der Waals surface area contributed by atoms with Crippen LogP contribution in [0.25, 0.3) is 0 Å². The molecule has 112 valence electrons. The summed E-state index contributed by atoms with van der Waals surface area (Å²) in [7, 11) is 5.33. The Hall–Kier alpha value is -1.01. The molecule has 1 fully saturated rings. The molecule has 0 aromatic carbocycles. The molecule has 1 aliphatic rings. The summed E-state index contributed by atoms with van der Waals surface area (Å²) < 4.78 is 7.02. The average Bonchev–Trinajstić information content (AvgIpc) is 3.05. The Morgan fingerprint density at radius 2 is 2.50 bits per heavy atom. The van der Waals surface area contributed by atoms with E-state index in [0.717, 1.165) is 36.6 Å². The van der Waals surface area contributed by atoms with Crippen LogP contribution in [0.5, 0.6) is 0 Å². The van der Waals surface area contributed by atoms with Gasteiger partial charge in [-0.25, -0.2) is 4.98 Å². The van der Waals surface area contributed by atoms with E-state index >= 15 is 0 Å². The first-order chi connectivity index (χ1) is 9.64. The highest BCUT2D eigenvalue weighted by molar-refractivity contribution is 7.99. The highest BCUT2D eigenvalue weighted by Crippen LogP contribution is 2.39. The number of aryl methyl sites for hydroxylation is 1. The van der Waals surface area contributed by atoms with Crippen molar-refractivity contribution < 1.29 is 9.53 Å². The Balaban J connectivity index is 1.94. The van der Waals surface area contributed by atoms with Crippen molar-refractivity contribution in [2.75, 3.05) is 19.9 Å². The van der Waals surface area contributed by atoms with Crippen molar-refractivity contribution in [1.82, 2.24) is 14.9 Å². The van der Waals surface area contributed by atoms with Gasteiger partial charge in [-0.15, -0.1) is 0 Å². The van der Waals surface area contributed by atoms with Gasteiger partial charge in [0.15, 0.2) is 5.16 Å². The third kappa shape index (κ3) is 2.86. The molecule has 1 saturated carbocycles. The second-order valence-corrected chi connectivity index (χ2v) is 6.32. The van der Waals surface area contributed by atoms with E-state index in [1.165, 1.54) is 7.11 Å². The lowest BCUT2D eigenvalue weighted by atomic mass is 9.85. The van der Waals surface area contributed by atoms with Crippen LogP contribution in [0, 0.1) is 5.92 Å². The van der Waals surface area contributed by atoms with E-state index in [4.69, 9.17) is 4.74 Å². The number of thioether (sulfide) groups is 1. The van der Waals surface area contributed by atoms with Gasteiger partial charge < -0.3 is 14.6 Å². The van der Waals surface area contributed by atoms with Crippen LogP contribution in [0.1, 0.15) is 25.7 Å². The third-order valence-electron chi connectivity index (χ3n) is 4.29. The molecule has 1 aliphatic carbocycles. The number of hydrogen-bond donors (Lipinski definition) is 1. The van der Waals surface area contributed by atoms with Crippen molar-refractivity contribution in [2.45, 2.75) is 36.4 Å². The normalized spacial score (nSPS) is 25.9. The standard InChI is InChI=1S/C14H23N3O2S/c1-15-14(12(18)19-3)7-4-5-11(14)6-10-20-13-16-8-9-17(13)2/h8-9,11,15H,4-7,10H2,1-3H3. The predicted molar refractivity (Wildman–Crippen MR) is 79.7 cm³/mol. The topological polar surface area (TPSA) is 56.1 Å². The fraction of sp³-hybridized carbons (Fsp3) is 0.714. The van der Waals surface area contributed by atoms with E-state index in [1.54, 1.807) is 11.8 Å². The van der Waals surface area contributed by atoms with E-state index in [0.29, 0.717) is 5.92 Å². The van der Waals surface area contributed by atoms with Crippen LogP contribution in [0.3, 0.4) is 0 Å². The zero-order valence-corrected chi connectivity index (χ0v) is 13.2. The fourth-order valence-electron chi connectivity index (χ4n) is 3.13. The second-order valence-electron chi connectivity index (χ2n) is 5.26. The SMILES string of the molecule is CNC1(C(=O)OC)CCCC1CCSc1nccn1C. The molecule has 1 aromatic heterocycles. The number of methoxy groups -OCH3 is 1. The lowest BCUT2D eigenvalue weighted by Crippen LogP contribution is -2.53. The molecule has 1 N–H and O–H groups in total. The van der Waals surface area contributed by atoms with Gasteiger partial charge in [-0.3, -0.25) is 4.79 Å². The van der Waals surface area contributed by atoms with Gasteiger partial charge in [-0.1, -0.05) is 18.2 Å². The van der Waals surface area contributed by atoms with Crippen LogP contribution < -0.4 is 5.32 Å². The molecule has 2 atom stereocenters. The molecule has 1 aromatic rings. The number of imidazole rings is 1. The Morgan fingerprint density at radius 3 is 3.10 bits per heavy atom. The van der Waals surface area contributed by atoms with E-state index in [2.05, 4.69) is 10.3 Å². The first-order valence-corrected chi connectivity index (χ1v) is 8.00. The smallest absolute Gasteiger partial charge is 0.326 e. The Labute approximate surface area is 124 Å². The van der Waals surface area contributed by atoms with E-state index in [9.17, 15) is 4.79 Å². The summed E-state index contributed by atoms with van der Waals surface area (Å²) in [5, 5.41) is 4.25. The number of nitrogens with one attached hydrogen (secondary N) is 1. The van der Waals surface area contributed by atoms with Crippen molar-refractivity contribution in [3.63, 3.8) is 0 Å². The molecule has 2 unspecified atom stereocenters. The minimum absolute atomic E-state index is 0.121. The number of esters is 1. The summed E-state index contributed by atoms with van der Waals surface area (Å²) in [6.07, 6.45) is 7.78. The maximum absolute atomic E-state index is 12.1. The third-order valence-corrected chi connectivity index (χ3v) is 5.38. The molecule has 2 rings (SSSR count). The molecule has 0 radical (unpaired) electrons. The van der Waals surface area contributed by atoms with Gasteiger partial charge in [-0.2, -0.15) is 0 Å². The minimum Gasteiger partial charge on any atom is -0.468 e. The number of hydrogen-bond acceptors (Lipinski definition) is 5. The minimum atomic E-state index is -0.489. The number of rotatable bonds is 6. The number of likely N-dealkylation sites (N-methyl/N-ethyl adjacent to an activating group) is 1. The number of carbonyl (C=O) groups excluding carboxylic acids is 1. The van der Waals surface area contributed by atoms with Gasteiger partial charge in [0.05, 0.1) is 7.11 Å². The van der Waals surface area contributed by atoms with Crippen LogP contribution in [0.2, 0.25) is 0 Å². The highest BCUT2D eigenvalue weighted by atomic mass is 32.2. The van der Waals surface area contributed by atoms with Gasteiger partial charge in [0.25, 0.3) is 0 Å². The summed E-state index contributed by atoms with van der Waals surface area (Å²) in [6.45, 7) is 0. The lowest BCUT2D eigenvalue weighted by Gasteiger charge is -2.32. The van der Waals surface area contributed by atoms with Crippen LogP contribution in [-0.2, 0) is 16.6 Å². The van der Waals surface area contributed by atoms with Gasteiger partial charge in [0.2, 0.25) is 0 Å². The first kappa shape index (κ1) is 15.4. The average molecular weight is 297 g/mol. The van der Waals surface area contributed by atoms with Gasteiger partial charge in [0.1, 0.15) is 5.54 Å². The molecule has 1 heterocycles. The summed E-state index contributed by atoms with van der Waals surface area (Å²) in [5.74, 6) is 1.19. The Bertz CT molecular complexity index is 463. The van der Waals surface area contributed by atoms with Crippen molar-refractivity contribution >= 4 is 17.7 Å². The first-order valence-electron chi connectivity index (χ1n) is 7.01. The van der Waals surface area contributed by atoms with E-state index in [1.807, 2.05) is 31.1 Å². The van der Waals surface area contributed by atoms with Crippen LogP contribution in [0.15, 0.2) is 17.6 Å². The van der Waals surface area contributed by atoms with Gasteiger partial charge in [0, 0.05) is 25.2 Å². The van der Waals surface area contributed by atoms with Crippen molar-refractivity contribution in [1.29, 1.82) is 0 Å². The molecule has 0 aliphatic heterocycles. The molecule has 0 bridgehead atoms. The molecular weight excluding hydrogens is 274 g/mol. The van der Waals surface area contributed by atoms with Crippen LogP contribution >= 0.6 is 11.8 Å². The molecule has 0 saturated heterocycles. The number of ether oxygens (including phenoxy) is 1. The summed E-state index contributed by atoms with van der Waals surface area (Å²) in [6, 6.07) is 0. The molecule has 5 nitrogen and oxygen atoms in total. The van der Waals surface area contributed by atoms with Gasteiger partial charge in [-0.05, 0) is 32.2 Å². The zero-order valence-electron chi connectivity index (χ0n) is 12.4. The molecular formula is C14H23N3O2S.